The van der Waals surface area contributed by atoms with E-state index < -0.39 is 0 Å². The molecule has 2 amide bonds. The third-order valence-corrected chi connectivity index (χ3v) is 5.43. The summed E-state index contributed by atoms with van der Waals surface area (Å²) in [6.07, 6.45) is 3.59. The monoisotopic (exact) mass is 301 g/mol. The van der Waals surface area contributed by atoms with E-state index in [4.69, 9.17) is 0 Å². The maximum atomic E-state index is 12.4. The van der Waals surface area contributed by atoms with Crippen molar-refractivity contribution in [2.45, 2.75) is 32.7 Å². The van der Waals surface area contributed by atoms with Crippen LogP contribution in [0.1, 0.15) is 30.4 Å². The number of nitrogens with zero attached hydrogens (tertiary/aromatic N) is 2. The Kier molecular flexibility index (Phi) is 4.39. The molecule has 2 fully saturated rings. The van der Waals surface area contributed by atoms with Crippen LogP contribution in [0.25, 0.3) is 0 Å². The molecule has 0 saturated carbocycles. The minimum absolute atomic E-state index is 0.0875. The lowest BCUT2D eigenvalue weighted by atomic mass is 9.78. The summed E-state index contributed by atoms with van der Waals surface area (Å²) in [5.74, 6) is 0. The highest BCUT2D eigenvalue weighted by Gasteiger charge is 2.40. The van der Waals surface area contributed by atoms with Gasteiger partial charge in [0.1, 0.15) is 0 Å². The fourth-order valence-electron chi connectivity index (χ4n) is 3.84. The first-order valence-electron chi connectivity index (χ1n) is 8.34. The van der Waals surface area contributed by atoms with Crippen molar-refractivity contribution in [2.75, 3.05) is 33.2 Å². The van der Waals surface area contributed by atoms with Gasteiger partial charge >= 0.3 is 6.03 Å². The van der Waals surface area contributed by atoms with Gasteiger partial charge in [-0.2, -0.15) is 0 Å². The smallest absolute Gasteiger partial charge is 0.317 e. The van der Waals surface area contributed by atoms with Crippen LogP contribution in [0, 0.1) is 12.3 Å². The summed E-state index contributed by atoms with van der Waals surface area (Å²) >= 11 is 0. The summed E-state index contributed by atoms with van der Waals surface area (Å²) < 4.78 is 0. The van der Waals surface area contributed by atoms with Crippen LogP contribution in [0.5, 0.6) is 0 Å². The summed E-state index contributed by atoms with van der Waals surface area (Å²) in [4.78, 5) is 16.8. The Morgan fingerprint density at radius 3 is 2.50 bits per heavy atom. The van der Waals surface area contributed by atoms with Crippen LogP contribution in [0.2, 0.25) is 0 Å². The molecule has 2 aliphatic rings. The average molecular weight is 301 g/mol. The molecule has 1 N–H and O–H groups in total. The number of likely N-dealkylation sites (tertiary alicyclic amines) is 2. The van der Waals surface area contributed by atoms with Gasteiger partial charge in [0.2, 0.25) is 0 Å². The maximum Gasteiger partial charge on any atom is 0.317 e. The van der Waals surface area contributed by atoms with Gasteiger partial charge in [0.15, 0.2) is 0 Å². The summed E-state index contributed by atoms with van der Waals surface area (Å²) in [6.45, 7) is 6.91. The Bertz CT molecular complexity index is 535. The molecule has 4 nitrogen and oxygen atoms in total. The highest BCUT2D eigenvalue weighted by atomic mass is 16.2. The normalized spacial score (nSPS) is 21.3. The van der Waals surface area contributed by atoms with Crippen molar-refractivity contribution in [3.05, 3.63) is 35.4 Å². The van der Waals surface area contributed by atoms with Crippen LogP contribution in [-0.2, 0) is 6.54 Å². The molecule has 3 rings (SSSR count). The molecule has 0 aromatic heterocycles. The molecule has 0 radical (unpaired) electrons. The van der Waals surface area contributed by atoms with E-state index in [0.29, 0.717) is 12.0 Å². The van der Waals surface area contributed by atoms with Crippen LogP contribution in [-0.4, -0.2) is 49.1 Å². The summed E-state index contributed by atoms with van der Waals surface area (Å²) in [5.41, 5.74) is 2.90. The first kappa shape index (κ1) is 15.3. The molecule has 120 valence electrons. The number of carbonyl (C=O) groups excluding carboxylic acids is 1. The minimum Gasteiger partial charge on any atom is -0.334 e. The zero-order valence-corrected chi connectivity index (χ0v) is 13.8. The molecule has 2 heterocycles. The fourth-order valence-corrected chi connectivity index (χ4v) is 3.84. The fraction of sp³-hybridized carbons (Fsp3) is 0.611. The number of urea groups is 1. The van der Waals surface area contributed by atoms with Gasteiger partial charge in [0.05, 0.1) is 0 Å². The second kappa shape index (κ2) is 6.29. The molecule has 0 atom stereocenters. The Labute approximate surface area is 133 Å². The van der Waals surface area contributed by atoms with E-state index in [1.807, 2.05) is 17.0 Å². The Balaban J connectivity index is 1.49. The number of amides is 2. The van der Waals surface area contributed by atoms with E-state index >= 15 is 0 Å². The molecule has 4 heteroatoms. The molecule has 22 heavy (non-hydrogen) atoms. The number of benzene rings is 1. The highest BCUT2D eigenvalue weighted by Crippen LogP contribution is 2.39. The van der Waals surface area contributed by atoms with Gasteiger partial charge < -0.3 is 15.1 Å². The third-order valence-electron chi connectivity index (χ3n) is 5.43. The second-order valence-corrected chi connectivity index (χ2v) is 7.06. The number of rotatable bonds is 2. The molecule has 0 unspecified atom stereocenters. The Morgan fingerprint density at radius 1 is 1.18 bits per heavy atom. The number of hydrogen-bond acceptors (Lipinski definition) is 2. The molecule has 0 aliphatic carbocycles. The molecule has 1 spiro atoms. The van der Waals surface area contributed by atoms with Crippen molar-refractivity contribution in [1.29, 1.82) is 0 Å². The van der Waals surface area contributed by atoms with E-state index in [1.165, 1.54) is 30.6 Å². The average Bonchev–Trinajstić information content (AvgIpc) is 2.87. The SMILES string of the molecule is Cc1ccccc1CNC(=O)N1CCC2(CCN(C)C2)CC1. The van der Waals surface area contributed by atoms with Gasteiger partial charge in [0, 0.05) is 26.2 Å². The molecule has 1 aromatic carbocycles. The van der Waals surface area contributed by atoms with Crippen LogP contribution in [0.3, 0.4) is 0 Å². The predicted octanol–water partition coefficient (Wildman–Crippen LogP) is 2.62. The molecule has 1 aromatic rings. The number of carbonyl (C=O) groups is 1. The van der Waals surface area contributed by atoms with Gasteiger partial charge in [-0.25, -0.2) is 4.79 Å². The Morgan fingerprint density at radius 2 is 1.86 bits per heavy atom. The van der Waals surface area contributed by atoms with Crippen LogP contribution < -0.4 is 5.32 Å². The van der Waals surface area contributed by atoms with E-state index in [1.54, 1.807) is 0 Å². The molecule has 0 bridgehead atoms. The van der Waals surface area contributed by atoms with E-state index in [9.17, 15) is 4.79 Å². The van der Waals surface area contributed by atoms with Gasteiger partial charge in [-0.3, -0.25) is 0 Å². The van der Waals surface area contributed by atoms with Crippen molar-refractivity contribution in [3.8, 4) is 0 Å². The van der Waals surface area contributed by atoms with Gasteiger partial charge in [0.25, 0.3) is 0 Å². The summed E-state index contributed by atoms with van der Waals surface area (Å²) in [7, 11) is 2.20. The van der Waals surface area contributed by atoms with Crippen LogP contribution in [0.15, 0.2) is 24.3 Å². The zero-order chi connectivity index (χ0) is 15.6. The highest BCUT2D eigenvalue weighted by molar-refractivity contribution is 5.74. The van der Waals surface area contributed by atoms with Gasteiger partial charge in [-0.1, -0.05) is 24.3 Å². The van der Waals surface area contributed by atoms with Crippen molar-refractivity contribution in [3.63, 3.8) is 0 Å². The topological polar surface area (TPSA) is 35.6 Å². The number of aryl methyl sites for hydroxylation is 1. The summed E-state index contributed by atoms with van der Waals surface area (Å²) in [6, 6.07) is 8.31. The first-order valence-corrected chi connectivity index (χ1v) is 8.34. The van der Waals surface area contributed by atoms with Crippen molar-refractivity contribution < 1.29 is 4.79 Å². The number of nitrogens with one attached hydrogen (secondary N) is 1. The lowest BCUT2D eigenvalue weighted by Crippen LogP contribution is -2.47. The maximum absolute atomic E-state index is 12.4. The number of hydrogen-bond donors (Lipinski definition) is 1. The van der Waals surface area contributed by atoms with Crippen molar-refractivity contribution in [2.24, 2.45) is 5.41 Å². The van der Waals surface area contributed by atoms with Crippen molar-refractivity contribution in [1.82, 2.24) is 15.1 Å². The van der Waals surface area contributed by atoms with Gasteiger partial charge in [-0.05, 0) is 56.3 Å². The zero-order valence-electron chi connectivity index (χ0n) is 13.8. The number of piperidine rings is 1. The Hall–Kier alpha value is -1.55. The molecule has 2 saturated heterocycles. The van der Waals surface area contributed by atoms with Crippen molar-refractivity contribution >= 4 is 6.03 Å². The molecular weight excluding hydrogens is 274 g/mol. The standard InChI is InChI=1S/C18H27N3O/c1-15-5-3-4-6-16(15)13-19-17(22)21-11-8-18(9-12-21)7-10-20(2)14-18/h3-6H,7-14H2,1-2H3,(H,19,22). The first-order chi connectivity index (χ1) is 10.6. The third kappa shape index (κ3) is 3.27. The quantitative estimate of drug-likeness (QED) is 0.911. The van der Waals surface area contributed by atoms with E-state index in [0.717, 1.165) is 25.9 Å². The lowest BCUT2D eigenvalue weighted by molar-refractivity contribution is 0.122. The largest absolute Gasteiger partial charge is 0.334 e. The minimum atomic E-state index is 0.0875. The van der Waals surface area contributed by atoms with Gasteiger partial charge in [-0.15, -0.1) is 0 Å². The van der Waals surface area contributed by atoms with E-state index in [-0.39, 0.29) is 6.03 Å². The second-order valence-electron chi connectivity index (χ2n) is 7.06. The van der Waals surface area contributed by atoms with Crippen LogP contribution >= 0.6 is 0 Å². The van der Waals surface area contributed by atoms with Crippen LogP contribution in [0.4, 0.5) is 4.79 Å². The molecular formula is C18H27N3O. The molecule has 2 aliphatic heterocycles. The lowest BCUT2D eigenvalue weighted by Gasteiger charge is -2.39. The van der Waals surface area contributed by atoms with E-state index in [2.05, 4.69) is 36.3 Å². The summed E-state index contributed by atoms with van der Waals surface area (Å²) in [5, 5.41) is 3.07. The predicted molar refractivity (Wildman–Crippen MR) is 88.8 cm³/mol.